The number of alkyl halides is 8. The largest absolute Gasteiger partial charge is 0.433 e. The summed E-state index contributed by atoms with van der Waals surface area (Å²) in [7, 11) is 0. The van der Waals surface area contributed by atoms with E-state index in [1.54, 1.807) is 0 Å². The lowest BCUT2D eigenvalue weighted by atomic mass is 10.2. The highest BCUT2D eigenvalue weighted by Gasteiger charge is 2.33. The van der Waals surface area contributed by atoms with Crippen LogP contribution < -0.4 is 5.32 Å². The zero-order valence-electron chi connectivity index (χ0n) is 17.5. The molecule has 0 saturated carbocycles. The van der Waals surface area contributed by atoms with Gasteiger partial charge >= 0.3 is 12.4 Å². The molecule has 0 bridgehead atoms. The zero-order chi connectivity index (χ0) is 26.1. The van der Waals surface area contributed by atoms with Gasteiger partial charge in [-0.1, -0.05) is 6.07 Å². The normalized spacial score (nSPS) is 12.1. The molecule has 0 fully saturated rings. The summed E-state index contributed by atoms with van der Waals surface area (Å²) in [5, 5.41) is 2.50. The molecule has 0 atom stereocenters. The van der Waals surface area contributed by atoms with Crippen LogP contribution in [0.1, 0.15) is 23.4 Å². The van der Waals surface area contributed by atoms with Crippen LogP contribution in [0.5, 0.6) is 0 Å². The summed E-state index contributed by atoms with van der Waals surface area (Å²) in [6.07, 6.45) is -9.52. The van der Waals surface area contributed by atoms with E-state index in [-0.39, 0.29) is 22.8 Å². The van der Waals surface area contributed by atoms with Crippen molar-refractivity contribution in [3.8, 4) is 22.9 Å². The molecule has 0 aliphatic rings. The van der Waals surface area contributed by atoms with E-state index in [1.807, 2.05) is 0 Å². The molecule has 4 rings (SSSR count). The molecule has 36 heavy (non-hydrogen) atoms. The zero-order valence-corrected chi connectivity index (χ0v) is 17.5. The Bertz CT molecular complexity index is 1390. The summed E-state index contributed by atoms with van der Waals surface area (Å²) in [6.45, 7) is 0. The molecule has 1 N–H and O–H groups in total. The van der Waals surface area contributed by atoms with Crippen molar-refractivity contribution in [2.24, 2.45) is 0 Å². The number of halogens is 8. The van der Waals surface area contributed by atoms with Gasteiger partial charge in [-0.3, -0.25) is 9.97 Å². The number of pyridine rings is 3. The number of nitrogens with zero attached hydrogens (tertiary/aromatic N) is 6. The first-order valence-electron chi connectivity index (χ1n) is 9.74. The summed E-state index contributed by atoms with van der Waals surface area (Å²) in [6, 6.07) is 5.77. The second-order valence-electron chi connectivity index (χ2n) is 7.07. The van der Waals surface area contributed by atoms with Crippen LogP contribution in [-0.2, 0) is 12.4 Å². The maximum atomic E-state index is 13.1. The van der Waals surface area contributed by atoms with Gasteiger partial charge in [-0.2, -0.15) is 36.3 Å². The SMILES string of the molecule is FC(F)c1cncc(-c2nc(Nc3ccnc(C(F)(F)F)c3)nc(-c3cccc(C(F)(F)F)n3)n2)c1. The van der Waals surface area contributed by atoms with Crippen LogP contribution in [-0.4, -0.2) is 29.9 Å². The average Bonchev–Trinajstić information content (AvgIpc) is 2.83. The van der Waals surface area contributed by atoms with Crippen LogP contribution in [0.15, 0.2) is 55.0 Å². The molecule has 0 radical (unpaired) electrons. The Balaban J connectivity index is 1.83. The minimum Gasteiger partial charge on any atom is -0.324 e. The highest BCUT2D eigenvalue weighted by molar-refractivity contribution is 5.63. The van der Waals surface area contributed by atoms with Crippen LogP contribution >= 0.6 is 0 Å². The molecule has 186 valence electrons. The monoisotopic (exact) mass is 513 g/mol. The molecule has 4 aromatic heterocycles. The van der Waals surface area contributed by atoms with Crippen molar-refractivity contribution in [2.45, 2.75) is 18.8 Å². The fraction of sp³-hybridized carbons (Fsp3) is 0.143. The van der Waals surface area contributed by atoms with Crippen LogP contribution in [0.4, 0.5) is 46.8 Å². The molecule has 7 nitrogen and oxygen atoms in total. The standard InChI is InChI=1S/C21H11F8N7/c22-16(23)10-6-11(9-30-8-10)17-34-18(13-2-1-3-14(33-13)20(24,25)26)36-19(35-17)32-12-4-5-31-15(7-12)21(27,28)29/h1-9,16H,(H,31,32,34,35,36). The van der Waals surface area contributed by atoms with Gasteiger partial charge < -0.3 is 5.32 Å². The molecular formula is C21H11F8N7. The van der Waals surface area contributed by atoms with Crippen molar-refractivity contribution in [2.75, 3.05) is 5.32 Å². The predicted octanol–water partition coefficient (Wildman–Crippen LogP) is 6.11. The molecule has 0 aliphatic heterocycles. The molecule has 15 heteroatoms. The molecule has 0 unspecified atom stereocenters. The number of anilines is 2. The van der Waals surface area contributed by atoms with E-state index in [0.29, 0.717) is 6.07 Å². The van der Waals surface area contributed by atoms with E-state index >= 15 is 0 Å². The minimum absolute atomic E-state index is 0.0443. The highest BCUT2D eigenvalue weighted by atomic mass is 19.4. The average molecular weight is 513 g/mol. The fourth-order valence-corrected chi connectivity index (χ4v) is 2.88. The Labute approximate surface area is 196 Å². The fourth-order valence-electron chi connectivity index (χ4n) is 2.88. The van der Waals surface area contributed by atoms with Crippen LogP contribution in [0, 0.1) is 0 Å². The van der Waals surface area contributed by atoms with Crippen LogP contribution in [0.2, 0.25) is 0 Å². The topological polar surface area (TPSA) is 89.4 Å². The number of aromatic nitrogens is 6. The van der Waals surface area contributed by atoms with Gasteiger partial charge in [-0.05, 0) is 30.3 Å². The molecule has 0 amide bonds. The first-order chi connectivity index (χ1) is 16.9. The molecule has 0 aliphatic carbocycles. The quantitative estimate of drug-likeness (QED) is 0.322. The van der Waals surface area contributed by atoms with Crippen LogP contribution in [0.3, 0.4) is 0 Å². The van der Waals surface area contributed by atoms with Gasteiger partial charge in [0.05, 0.1) is 0 Å². The Morgan fingerprint density at radius 3 is 2.17 bits per heavy atom. The minimum atomic E-state index is -4.78. The maximum Gasteiger partial charge on any atom is 0.433 e. The Morgan fingerprint density at radius 2 is 1.47 bits per heavy atom. The number of hydrogen-bond acceptors (Lipinski definition) is 7. The second kappa shape index (κ2) is 9.39. The third-order valence-electron chi connectivity index (χ3n) is 4.48. The molecule has 0 aromatic carbocycles. The van der Waals surface area contributed by atoms with Gasteiger partial charge in [0.25, 0.3) is 6.43 Å². The molecular weight excluding hydrogens is 502 g/mol. The van der Waals surface area contributed by atoms with Crippen molar-refractivity contribution in [1.82, 2.24) is 29.9 Å². The summed E-state index contributed by atoms with van der Waals surface area (Å²) >= 11 is 0. The number of hydrogen-bond donors (Lipinski definition) is 1. The van der Waals surface area contributed by atoms with Crippen LogP contribution in [0.25, 0.3) is 22.9 Å². The lowest BCUT2D eigenvalue weighted by molar-refractivity contribution is -0.141. The van der Waals surface area contributed by atoms with E-state index in [2.05, 4.69) is 35.2 Å². The van der Waals surface area contributed by atoms with E-state index in [4.69, 9.17) is 0 Å². The Hall–Kier alpha value is -4.30. The Kier molecular flexibility index (Phi) is 6.47. The second-order valence-corrected chi connectivity index (χ2v) is 7.07. The number of rotatable bonds is 5. The summed E-state index contributed by atoms with van der Waals surface area (Å²) in [5.74, 6) is -1.08. The third-order valence-corrected chi connectivity index (χ3v) is 4.48. The molecule has 0 spiro atoms. The van der Waals surface area contributed by atoms with Gasteiger partial charge in [0.1, 0.15) is 17.1 Å². The smallest absolute Gasteiger partial charge is 0.324 e. The maximum absolute atomic E-state index is 13.1. The molecule has 0 saturated heterocycles. The van der Waals surface area contributed by atoms with Crippen molar-refractivity contribution in [3.63, 3.8) is 0 Å². The van der Waals surface area contributed by atoms with Crippen molar-refractivity contribution < 1.29 is 35.1 Å². The third kappa shape index (κ3) is 5.67. The van der Waals surface area contributed by atoms with Gasteiger partial charge in [0, 0.05) is 35.4 Å². The van der Waals surface area contributed by atoms with Gasteiger partial charge in [-0.15, -0.1) is 0 Å². The van der Waals surface area contributed by atoms with Crippen molar-refractivity contribution in [1.29, 1.82) is 0 Å². The first kappa shape index (κ1) is 24.8. The molecule has 4 aromatic rings. The lowest BCUT2D eigenvalue weighted by Crippen LogP contribution is -2.10. The lowest BCUT2D eigenvalue weighted by Gasteiger charge is -2.12. The van der Waals surface area contributed by atoms with Crippen molar-refractivity contribution in [3.05, 3.63) is 71.9 Å². The first-order valence-corrected chi connectivity index (χ1v) is 9.74. The summed E-state index contributed by atoms with van der Waals surface area (Å²) in [4.78, 5) is 22.4. The molecule has 4 heterocycles. The van der Waals surface area contributed by atoms with Gasteiger partial charge in [0.15, 0.2) is 11.6 Å². The highest BCUT2D eigenvalue weighted by Crippen LogP contribution is 2.31. The Morgan fingerprint density at radius 1 is 0.750 bits per heavy atom. The van der Waals surface area contributed by atoms with Gasteiger partial charge in [-0.25, -0.2) is 18.7 Å². The van der Waals surface area contributed by atoms with E-state index in [9.17, 15) is 35.1 Å². The predicted molar refractivity (Wildman–Crippen MR) is 109 cm³/mol. The van der Waals surface area contributed by atoms with E-state index in [1.165, 1.54) is 12.1 Å². The summed E-state index contributed by atoms with van der Waals surface area (Å²) in [5.41, 5.74) is -3.50. The number of nitrogens with one attached hydrogen (secondary N) is 1. The van der Waals surface area contributed by atoms with Gasteiger partial charge in [0.2, 0.25) is 5.95 Å². The summed E-state index contributed by atoms with van der Waals surface area (Å²) < 4.78 is 105. The van der Waals surface area contributed by atoms with E-state index < -0.39 is 47.5 Å². The van der Waals surface area contributed by atoms with Crippen molar-refractivity contribution >= 4 is 11.6 Å². The van der Waals surface area contributed by atoms with E-state index in [0.717, 1.165) is 36.8 Å².